The molecule has 122 valence electrons. The molecule has 3 aromatic rings. The van der Waals surface area contributed by atoms with Gasteiger partial charge in [-0.25, -0.2) is 0 Å². The van der Waals surface area contributed by atoms with Gasteiger partial charge in [0, 0.05) is 5.56 Å². The fourth-order valence-corrected chi connectivity index (χ4v) is 3.00. The van der Waals surface area contributed by atoms with Gasteiger partial charge in [0.2, 0.25) is 11.0 Å². The molecule has 1 aromatic heterocycles. The lowest BCUT2D eigenvalue weighted by Gasteiger charge is -2.01. The molecule has 0 aliphatic carbocycles. The molecule has 4 nitrogen and oxygen atoms in total. The van der Waals surface area contributed by atoms with Gasteiger partial charge >= 0.3 is 0 Å². The summed E-state index contributed by atoms with van der Waals surface area (Å²) in [5, 5.41) is 5.11. The minimum absolute atomic E-state index is 0.0759. The van der Waals surface area contributed by atoms with Crippen molar-refractivity contribution in [2.75, 3.05) is 5.75 Å². The first-order valence-electron chi connectivity index (χ1n) is 7.09. The predicted molar refractivity (Wildman–Crippen MR) is 95.1 cm³/mol. The van der Waals surface area contributed by atoms with Gasteiger partial charge in [-0.05, 0) is 23.8 Å². The number of aromatic nitrogens is 2. The molecular weight excluding hydrogens is 367 g/mol. The molecule has 0 spiro atoms. The van der Waals surface area contributed by atoms with E-state index in [0.29, 0.717) is 33.1 Å². The van der Waals surface area contributed by atoms with E-state index < -0.39 is 0 Å². The van der Waals surface area contributed by atoms with E-state index in [2.05, 4.69) is 10.1 Å². The van der Waals surface area contributed by atoms with Gasteiger partial charge in [-0.15, -0.1) is 0 Å². The SMILES string of the molecule is O=C(CSc1noc(Cc2ccccc2)n1)c1ccc(Cl)c(Cl)c1. The van der Waals surface area contributed by atoms with Gasteiger partial charge in [0.25, 0.3) is 0 Å². The molecule has 0 saturated carbocycles. The van der Waals surface area contributed by atoms with E-state index >= 15 is 0 Å². The normalized spacial score (nSPS) is 10.8. The maximum absolute atomic E-state index is 12.2. The number of carbonyl (C=O) groups excluding carboxylic acids is 1. The number of benzene rings is 2. The number of thioether (sulfide) groups is 1. The fraction of sp³-hybridized carbons (Fsp3) is 0.118. The highest BCUT2D eigenvalue weighted by atomic mass is 35.5. The lowest BCUT2D eigenvalue weighted by Crippen LogP contribution is -2.02. The van der Waals surface area contributed by atoms with Crippen molar-refractivity contribution in [3.8, 4) is 0 Å². The molecule has 0 aliphatic heterocycles. The average Bonchev–Trinajstić information content (AvgIpc) is 3.03. The predicted octanol–water partition coefficient (Wildman–Crippen LogP) is 4.94. The Labute approximate surface area is 153 Å². The van der Waals surface area contributed by atoms with Crippen molar-refractivity contribution in [3.63, 3.8) is 0 Å². The van der Waals surface area contributed by atoms with E-state index in [9.17, 15) is 4.79 Å². The fourth-order valence-electron chi connectivity index (χ4n) is 2.02. The van der Waals surface area contributed by atoms with Crippen LogP contribution < -0.4 is 0 Å². The van der Waals surface area contributed by atoms with Crippen molar-refractivity contribution < 1.29 is 9.32 Å². The standard InChI is InChI=1S/C17H12Cl2N2O2S/c18-13-7-6-12(9-14(13)19)15(22)10-24-17-20-16(23-21-17)8-11-4-2-1-3-5-11/h1-7,9H,8,10H2. The van der Waals surface area contributed by atoms with E-state index in [-0.39, 0.29) is 11.5 Å². The van der Waals surface area contributed by atoms with E-state index in [4.69, 9.17) is 27.7 Å². The molecule has 0 N–H and O–H groups in total. The highest BCUT2D eigenvalue weighted by Gasteiger charge is 2.12. The Morgan fingerprint density at radius 3 is 2.62 bits per heavy atom. The van der Waals surface area contributed by atoms with Crippen LogP contribution >= 0.6 is 35.0 Å². The topological polar surface area (TPSA) is 56.0 Å². The molecule has 0 amide bonds. The maximum Gasteiger partial charge on any atom is 0.231 e. The number of halogens is 2. The molecule has 0 radical (unpaired) electrons. The number of ketones is 1. The van der Waals surface area contributed by atoms with Crippen LogP contribution in [0.3, 0.4) is 0 Å². The molecular formula is C17H12Cl2N2O2S. The summed E-state index contributed by atoms with van der Waals surface area (Å²) in [4.78, 5) is 16.5. The highest BCUT2D eigenvalue weighted by molar-refractivity contribution is 7.99. The second-order valence-corrected chi connectivity index (χ2v) is 6.73. The summed E-state index contributed by atoms with van der Waals surface area (Å²) >= 11 is 13.0. The monoisotopic (exact) mass is 378 g/mol. The Balaban J connectivity index is 1.59. The van der Waals surface area contributed by atoms with E-state index in [0.717, 1.165) is 5.56 Å². The van der Waals surface area contributed by atoms with E-state index in [1.807, 2.05) is 30.3 Å². The summed E-state index contributed by atoms with van der Waals surface area (Å²) in [5.74, 6) is 0.640. The van der Waals surface area contributed by atoms with E-state index in [1.165, 1.54) is 11.8 Å². The maximum atomic E-state index is 12.2. The molecule has 0 bridgehead atoms. The Morgan fingerprint density at radius 1 is 1.08 bits per heavy atom. The molecule has 0 atom stereocenters. The number of hydrogen-bond acceptors (Lipinski definition) is 5. The van der Waals surface area contributed by atoms with Crippen LogP contribution in [0.15, 0.2) is 58.2 Å². The molecule has 24 heavy (non-hydrogen) atoms. The number of Topliss-reactive ketones (excluding diaryl/α,β-unsaturated/α-hetero) is 1. The van der Waals surface area contributed by atoms with Crippen molar-refractivity contribution in [1.29, 1.82) is 0 Å². The van der Waals surface area contributed by atoms with Crippen LogP contribution in [0.4, 0.5) is 0 Å². The average molecular weight is 379 g/mol. The molecule has 0 unspecified atom stereocenters. The zero-order valence-electron chi connectivity index (χ0n) is 12.4. The van der Waals surface area contributed by atoms with Gasteiger partial charge in [0.1, 0.15) is 0 Å². The molecule has 0 saturated heterocycles. The van der Waals surface area contributed by atoms with Crippen LogP contribution in [-0.4, -0.2) is 21.7 Å². The first kappa shape index (κ1) is 17.0. The minimum Gasteiger partial charge on any atom is -0.338 e. The van der Waals surface area contributed by atoms with Crippen molar-refractivity contribution in [2.45, 2.75) is 11.6 Å². The van der Waals surface area contributed by atoms with Crippen LogP contribution in [-0.2, 0) is 6.42 Å². The third-order valence-corrected chi connectivity index (χ3v) is 4.79. The van der Waals surface area contributed by atoms with Crippen LogP contribution in [0.25, 0.3) is 0 Å². The summed E-state index contributed by atoms with van der Waals surface area (Å²) in [7, 11) is 0. The van der Waals surface area contributed by atoms with Crippen molar-refractivity contribution in [1.82, 2.24) is 10.1 Å². The summed E-state index contributed by atoms with van der Waals surface area (Å²) in [5.41, 5.74) is 1.59. The number of nitrogens with zero attached hydrogens (tertiary/aromatic N) is 2. The third-order valence-electron chi connectivity index (χ3n) is 3.22. The number of rotatable bonds is 6. The third kappa shape index (κ3) is 4.38. The Kier molecular flexibility index (Phi) is 5.56. The molecule has 3 rings (SSSR count). The molecule has 1 heterocycles. The van der Waals surface area contributed by atoms with Gasteiger partial charge in [-0.1, -0.05) is 70.5 Å². The van der Waals surface area contributed by atoms with Gasteiger partial charge in [-0.3, -0.25) is 4.79 Å². The molecule has 0 fully saturated rings. The Hall–Kier alpha value is -1.82. The van der Waals surface area contributed by atoms with Gasteiger partial charge in [-0.2, -0.15) is 4.98 Å². The smallest absolute Gasteiger partial charge is 0.231 e. The second-order valence-electron chi connectivity index (χ2n) is 4.97. The zero-order chi connectivity index (χ0) is 16.9. The van der Waals surface area contributed by atoms with E-state index in [1.54, 1.807) is 18.2 Å². The summed E-state index contributed by atoms with van der Waals surface area (Å²) in [6.07, 6.45) is 0.565. The summed E-state index contributed by atoms with van der Waals surface area (Å²) < 4.78 is 5.21. The zero-order valence-corrected chi connectivity index (χ0v) is 14.7. The van der Waals surface area contributed by atoms with Crippen LogP contribution in [0.1, 0.15) is 21.8 Å². The lowest BCUT2D eigenvalue weighted by atomic mass is 10.1. The van der Waals surface area contributed by atoms with Gasteiger partial charge < -0.3 is 4.52 Å². The molecule has 0 aliphatic rings. The van der Waals surface area contributed by atoms with Crippen LogP contribution in [0.2, 0.25) is 10.0 Å². The van der Waals surface area contributed by atoms with Gasteiger partial charge in [0.05, 0.1) is 22.2 Å². The number of hydrogen-bond donors (Lipinski definition) is 0. The van der Waals surface area contributed by atoms with Crippen molar-refractivity contribution in [3.05, 3.63) is 75.6 Å². The largest absolute Gasteiger partial charge is 0.338 e. The summed E-state index contributed by atoms with van der Waals surface area (Å²) in [6, 6.07) is 14.7. The first-order valence-corrected chi connectivity index (χ1v) is 8.83. The van der Waals surface area contributed by atoms with Crippen LogP contribution in [0.5, 0.6) is 0 Å². The van der Waals surface area contributed by atoms with Gasteiger partial charge in [0.15, 0.2) is 5.78 Å². The second kappa shape index (κ2) is 7.83. The first-order chi connectivity index (χ1) is 11.6. The molecule has 2 aromatic carbocycles. The minimum atomic E-state index is -0.0759. The molecule has 7 heteroatoms. The van der Waals surface area contributed by atoms with Crippen LogP contribution in [0, 0.1) is 0 Å². The number of carbonyl (C=O) groups is 1. The Bertz CT molecular complexity index is 853. The quantitative estimate of drug-likeness (QED) is 0.448. The Morgan fingerprint density at radius 2 is 1.88 bits per heavy atom. The van der Waals surface area contributed by atoms with Crippen molar-refractivity contribution in [2.24, 2.45) is 0 Å². The highest BCUT2D eigenvalue weighted by Crippen LogP contribution is 2.24. The van der Waals surface area contributed by atoms with Crippen molar-refractivity contribution >= 4 is 40.7 Å². The lowest BCUT2D eigenvalue weighted by molar-refractivity contribution is 0.102. The summed E-state index contributed by atoms with van der Waals surface area (Å²) in [6.45, 7) is 0.